The predicted octanol–water partition coefficient (Wildman–Crippen LogP) is 6.92. The maximum atomic E-state index is 12.7. The van der Waals surface area contributed by atoms with Crippen LogP contribution in [-0.2, 0) is 0 Å². The Morgan fingerprint density at radius 3 is 2.33 bits per heavy atom. The van der Waals surface area contributed by atoms with E-state index >= 15 is 0 Å². The molecule has 0 saturated carbocycles. The van der Waals surface area contributed by atoms with Crippen molar-refractivity contribution in [2.45, 2.75) is 5.03 Å². The maximum Gasteiger partial charge on any atom is 0.173 e. The van der Waals surface area contributed by atoms with Gasteiger partial charge in [0, 0.05) is 21.7 Å². The summed E-state index contributed by atoms with van der Waals surface area (Å²) in [4.78, 5) is 17.5. The van der Waals surface area contributed by atoms with Crippen molar-refractivity contribution in [3.8, 4) is 34.2 Å². The van der Waals surface area contributed by atoms with Gasteiger partial charge in [0.25, 0.3) is 0 Å². The molecule has 6 heteroatoms. The molecule has 0 amide bonds. The number of aromatic nitrogens is 1. The van der Waals surface area contributed by atoms with E-state index in [1.54, 1.807) is 31.4 Å². The van der Waals surface area contributed by atoms with Gasteiger partial charge in [-0.05, 0) is 48.0 Å². The Hall–Kier alpha value is -3.59. The number of Topliss-reactive ketones (excluding diaryl/α,β-unsaturated/α-hetero) is 1. The van der Waals surface area contributed by atoms with Gasteiger partial charge in [-0.25, -0.2) is 4.98 Å². The Labute approximate surface area is 201 Å². The lowest BCUT2D eigenvalue weighted by atomic mass is 9.99. The van der Waals surface area contributed by atoms with Gasteiger partial charge in [0.05, 0.1) is 24.1 Å². The van der Waals surface area contributed by atoms with E-state index in [9.17, 15) is 10.1 Å². The Kier molecular flexibility index (Phi) is 7.09. The first-order valence-electron chi connectivity index (χ1n) is 10.2. The molecular weight excluding hydrogens is 452 g/mol. The minimum atomic E-state index is -0.0570. The van der Waals surface area contributed by atoms with Crippen LogP contribution in [0.1, 0.15) is 15.9 Å². The van der Waals surface area contributed by atoms with Gasteiger partial charge in [0.1, 0.15) is 16.8 Å². The predicted molar refractivity (Wildman–Crippen MR) is 133 cm³/mol. The zero-order valence-corrected chi connectivity index (χ0v) is 19.4. The number of ketones is 1. The summed E-state index contributed by atoms with van der Waals surface area (Å²) in [7, 11) is 1.61. The molecule has 1 aromatic heterocycles. The third-order valence-corrected chi connectivity index (χ3v) is 6.30. The minimum absolute atomic E-state index is 0.0570. The monoisotopic (exact) mass is 470 g/mol. The normalized spacial score (nSPS) is 10.5. The molecule has 0 saturated heterocycles. The van der Waals surface area contributed by atoms with Gasteiger partial charge in [0.15, 0.2) is 5.78 Å². The van der Waals surface area contributed by atoms with Gasteiger partial charge in [-0.2, -0.15) is 5.26 Å². The molecule has 4 rings (SSSR count). The van der Waals surface area contributed by atoms with E-state index < -0.39 is 0 Å². The van der Waals surface area contributed by atoms with Crippen molar-refractivity contribution in [3.05, 3.63) is 101 Å². The number of hydrogen-bond donors (Lipinski definition) is 0. The molecule has 33 heavy (non-hydrogen) atoms. The van der Waals surface area contributed by atoms with E-state index in [0.29, 0.717) is 21.2 Å². The second kappa shape index (κ2) is 10.4. The molecule has 3 aromatic carbocycles. The van der Waals surface area contributed by atoms with Gasteiger partial charge in [-0.15, -0.1) is 0 Å². The number of pyridine rings is 1. The second-order valence-corrected chi connectivity index (χ2v) is 8.56. The summed E-state index contributed by atoms with van der Waals surface area (Å²) in [6, 6.07) is 28.3. The van der Waals surface area contributed by atoms with Crippen LogP contribution in [0.4, 0.5) is 0 Å². The van der Waals surface area contributed by atoms with Crippen molar-refractivity contribution in [2.75, 3.05) is 12.9 Å². The average Bonchev–Trinajstić information content (AvgIpc) is 2.87. The zero-order valence-electron chi connectivity index (χ0n) is 17.8. The van der Waals surface area contributed by atoms with Crippen molar-refractivity contribution in [2.24, 2.45) is 0 Å². The molecule has 4 nitrogen and oxygen atoms in total. The topological polar surface area (TPSA) is 63.0 Å². The van der Waals surface area contributed by atoms with Crippen molar-refractivity contribution in [1.29, 1.82) is 5.26 Å². The fourth-order valence-corrected chi connectivity index (χ4v) is 4.37. The summed E-state index contributed by atoms with van der Waals surface area (Å²) in [5.74, 6) is 0.833. The lowest BCUT2D eigenvalue weighted by Gasteiger charge is -2.13. The lowest BCUT2D eigenvalue weighted by Crippen LogP contribution is -2.04. The number of carbonyl (C=O) groups excluding carboxylic acids is 1. The number of nitrogens with zero attached hydrogens (tertiary/aromatic N) is 2. The standard InChI is InChI=1S/C27H19ClN2O2S/c1-32-22-13-9-18(10-14-22)23-15-25(19-5-3-2-4-6-19)30-27(24(23)16-29)33-17-26(31)20-7-11-21(28)12-8-20/h2-15H,17H2,1H3. The number of carbonyl (C=O) groups is 1. The number of hydrogen-bond acceptors (Lipinski definition) is 5. The van der Waals surface area contributed by atoms with Crippen molar-refractivity contribution in [3.63, 3.8) is 0 Å². The summed E-state index contributed by atoms with van der Waals surface area (Å²) in [6.45, 7) is 0. The van der Waals surface area contributed by atoms with Crippen LogP contribution in [0, 0.1) is 11.3 Å². The molecular formula is C27H19ClN2O2S. The Bertz CT molecular complexity index is 1320. The fourth-order valence-electron chi connectivity index (χ4n) is 3.34. The van der Waals surface area contributed by atoms with Gasteiger partial charge in [-0.1, -0.05) is 65.8 Å². The Balaban J connectivity index is 1.75. The van der Waals surface area contributed by atoms with Crippen LogP contribution in [0.3, 0.4) is 0 Å². The minimum Gasteiger partial charge on any atom is -0.497 e. The maximum absolute atomic E-state index is 12.7. The highest BCUT2D eigenvalue weighted by Gasteiger charge is 2.17. The first kappa shape index (κ1) is 22.6. The van der Waals surface area contributed by atoms with Crippen LogP contribution in [-0.4, -0.2) is 23.6 Å². The summed E-state index contributed by atoms with van der Waals surface area (Å²) >= 11 is 7.19. The van der Waals surface area contributed by atoms with E-state index in [0.717, 1.165) is 28.1 Å². The Morgan fingerprint density at radius 1 is 1.00 bits per heavy atom. The summed E-state index contributed by atoms with van der Waals surface area (Å²) in [6.07, 6.45) is 0. The molecule has 0 fully saturated rings. The molecule has 0 spiro atoms. The van der Waals surface area contributed by atoms with Crippen molar-refractivity contribution in [1.82, 2.24) is 4.98 Å². The number of rotatable bonds is 7. The molecule has 0 N–H and O–H groups in total. The quantitative estimate of drug-likeness (QED) is 0.216. The van der Waals surface area contributed by atoms with E-state index in [4.69, 9.17) is 21.3 Å². The Morgan fingerprint density at radius 2 is 1.70 bits per heavy atom. The molecule has 0 aliphatic carbocycles. The smallest absolute Gasteiger partial charge is 0.173 e. The van der Waals surface area contributed by atoms with E-state index in [-0.39, 0.29) is 11.5 Å². The summed E-state index contributed by atoms with van der Waals surface area (Å²) in [5, 5.41) is 11.1. The molecule has 0 unspecified atom stereocenters. The molecule has 4 aromatic rings. The van der Waals surface area contributed by atoms with Gasteiger partial charge < -0.3 is 4.74 Å². The van der Waals surface area contributed by atoms with Gasteiger partial charge in [0.2, 0.25) is 0 Å². The number of ether oxygens (including phenoxy) is 1. The van der Waals surface area contributed by atoms with Crippen LogP contribution < -0.4 is 4.74 Å². The van der Waals surface area contributed by atoms with Crippen LogP contribution in [0.5, 0.6) is 5.75 Å². The average molecular weight is 471 g/mol. The van der Waals surface area contributed by atoms with Gasteiger partial charge in [-0.3, -0.25) is 4.79 Å². The van der Waals surface area contributed by atoms with Crippen LogP contribution in [0.15, 0.2) is 90.0 Å². The number of nitriles is 1. The second-order valence-electron chi connectivity index (χ2n) is 7.16. The fraction of sp³-hybridized carbons (Fsp3) is 0.0741. The van der Waals surface area contributed by atoms with Crippen molar-refractivity contribution < 1.29 is 9.53 Å². The number of thioether (sulfide) groups is 1. The van der Waals surface area contributed by atoms with E-state index in [1.165, 1.54) is 11.8 Å². The lowest BCUT2D eigenvalue weighted by molar-refractivity contribution is 0.102. The molecule has 0 aliphatic rings. The SMILES string of the molecule is COc1ccc(-c2cc(-c3ccccc3)nc(SCC(=O)c3ccc(Cl)cc3)c2C#N)cc1. The third kappa shape index (κ3) is 5.25. The molecule has 0 radical (unpaired) electrons. The third-order valence-electron chi connectivity index (χ3n) is 5.07. The number of benzene rings is 3. The van der Waals surface area contributed by atoms with Crippen LogP contribution in [0.2, 0.25) is 5.02 Å². The highest BCUT2D eigenvalue weighted by Crippen LogP contribution is 2.35. The largest absolute Gasteiger partial charge is 0.497 e. The summed E-state index contributed by atoms with van der Waals surface area (Å²) in [5.41, 5.74) is 4.31. The highest BCUT2D eigenvalue weighted by molar-refractivity contribution is 8.00. The van der Waals surface area contributed by atoms with E-state index in [1.807, 2.05) is 60.7 Å². The van der Waals surface area contributed by atoms with Gasteiger partial charge >= 0.3 is 0 Å². The first-order chi connectivity index (χ1) is 16.1. The van der Waals surface area contributed by atoms with Crippen LogP contribution in [0.25, 0.3) is 22.4 Å². The summed E-state index contributed by atoms with van der Waals surface area (Å²) < 4.78 is 5.27. The highest BCUT2D eigenvalue weighted by atomic mass is 35.5. The number of halogens is 1. The molecule has 0 aliphatic heterocycles. The van der Waals surface area contributed by atoms with Crippen molar-refractivity contribution >= 4 is 29.1 Å². The number of methoxy groups -OCH3 is 1. The van der Waals surface area contributed by atoms with E-state index in [2.05, 4.69) is 6.07 Å². The zero-order chi connectivity index (χ0) is 23.2. The molecule has 0 atom stereocenters. The molecule has 0 bridgehead atoms. The molecule has 162 valence electrons. The van der Waals surface area contributed by atoms with Crippen LogP contribution >= 0.6 is 23.4 Å². The first-order valence-corrected chi connectivity index (χ1v) is 11.5. The molecule has 1 heterocycles.